The molecule has 1 nitrogen and oxygen atoms in total. The molecule has 0 aliphatic heterocycles. The van der Waals surface area contributed by atoms with E-state index in [1.54, 1.807) is 11.3 Å². The Bertz CT molecular complexity index is 732. The van der Waals surface area contributed by atoms with Crippen LogP contribution in [0.3, 0.4) is 0 Å². The van der Waals surface area contributed by atoms with Crippen LogP contribution in [0, 0.1) is 6.92 Å². The number of aliphatic hydroxyl groups is 1. The van der Waals surface area contributed by atoms with Crippen molar-refractivity contribution in [1.82, 2.24) is 0 Å². The Kier molecular flexibility index (Phi) is 3.44. The Hall–Kier alpha value is -1.16. The van der Waals surface area contributed by atoms with Gasteiger partial charge < -0.3 is 5.11 Å². The van der Waals surface area contributed by atoms with E-state index >= 15 is 0 Å². The number of aryl methyl sites for hydroxylation is 1. The maximum absolute atomic E-state index is 10.7. The molecule has 0 saturated heterocycles. The van der Waals surface area contributed by atoms with Gasteiger partial charge in [-0.3, -0.25) is 0 Å². The van der Waals surface area contributed by atoms with Gasteiger partial charge in [-0.25, -0.2) is 0 Å². The van der Waals surface area contributed by atoms with Gasteiger partial charge in [0.25, 0.3) is 0 Å². The molecule has 1 aromatic heterocycles. The summed E-state index contributed by atoms with van der Waals surface area (Å²) in [5, 5.41) is 13.9. The predicted octanol–water partition coefficient (Wildman–Crippen LogP) is 5.05. The lowest BCUT2D eigenvalue weighted by atomic mass is 9.99. The molecule has 19 heavy (non-hydrogen) atoms. The molecule has 0 fully saturated rings. The maximum Gasteiger partial charge on any atom is 0.107 e. The Morgan fingerprint density at radius 2 is 1.79 bits per heavy atom. The van der Waals surface area contributed by atoms with E-state index in [2.05, 4.69) is 33.4 Å². The van der Waals surface area contributed by atoms with Crippen molar-refractivity contribution < 1.29 is 5.11 Å². The number of fused-ring (bicyclic) bond motifs is 1. The van der Waals surface area contributed by atoms with Crippen molar-refractivity contribution in [1.29, 1.82) is 0 Å². The van der Waals surface area contributed by atoms with Crippen LogP contribution in [0.15, 0.2) is 52.3 Å². The summed E-state index contributed by atoms with van der Waals surface area (Å²) >= 11 is 5.25. The molecule has 0 amide bonds. The van der Waals surface area contributed by atoms with Crippen molar-refractivity contribution in [2.75, 3.05) is 0 Å². The highest BCUT2D eigenvalue weighted by Gasteiger charge is 2.17. The van der Waals surface area contributed by atoms with Gasteiger partial charge in [-0.2, -0.15) is 0 Å². The summed E-state index contributed by atoms with van der Waals surface area (Å²) < 4.78 is 2.14. The minimum absolute atomic E-state index is 0.600. The van der Waals surface area contributed by atoms with E-state index in [0.717, 1.165) is 25.9 Å². The first-order chi connectivity index (χ1) is 9.18. The lowest BCUT2D eigenvalue weighted by Crippen LogP contribution is -2.01. The monoisotopic (exact) mass is 332 g/mol. The third-order valence-electron chi connectivity index (χ3n) is 3.32. The topological polar surface area (TPSA) is 20.2 Å². The normalized spacial score (nSPS) is 12.8. The minimum atomic E-state index is -0.600. The zero-order valence-corrected chi connectivity index (χ0v) is 12.8. The maximum atomic E-state index is 10.7. The third-order valence-corrected chi connectivity index (χ3v) is 5.38. The largest absolute Gasteiger partial charge is 0.384 e. The molecule has 96 valence electrons. The van der Waals surface area contributed by atoms with Crippen molar-refractivity contribution in [2.45, 2.75) is 13.0 Å². The van der Waals surface area contributed by atoms with Crippen LogP contribution >= 0.6 is 27.3 Å². The second kappa shape index (κ2) is 5.08. The average Bonchev–Trinajstić information content (AvgIpc) is 2.89. The Labute approximate surface area is 124 Å². The number of thiophene rings is 1. The van der Waals surface area contributed by atoms with Gasteiger partial charge in [0.2, 0.25) is 0 Å². The molecule has 0 saturated carbocycles. The number of hydrogen-bond donors (Lipinski definition) is 1. The molecule has 0 spiro atoms. The molecule has 3 heteroatoms. The van der Waals surface area contributed by atoms with Gasteiger partial charge in [0, 0.05) is 14.7 Å². The van der Waals surface area contributed by atoms with E-state index in [1.807, 2.05) is 37.3 Å². The van der Waals surface area contributed by atoms with Crippen molar-refractivity contribution in [3.05, 3.63) is 69.0 Å². The van der Waals surface area contributed by atoms with Gasteiger partial charge in [-0.05, 0) is 34.9 Å². The van der Waals surface area contributed by atoms with Gasteiger partial charge in [-0.1, -0.05) is 52.3 Å². The van der Waals surface area contributed by atoms with E-state index in [-0.39, 0.29) is 0 Å². The minimum Gasteiger partial charge on any atom is -0.384 e. The van der Waals surface area contributed by atoms with E-state index in [1.165, 1.54) is 5.39 Å². The van der Waals surface area contributed by atoms with E-state index in [9.17, 15) is 5.11 Å². The second-order valence-corrected chi connectivity index (χ2v) is 6.28. The summed E-state index contributed by atoms with van der Waals surface area (Å²) in [4.78, 5) is 0. The van der Waals surface area contributed by atoms with Crippen molar-refractivity contribution >= 4 is 37.4 Å². The molecule has 0 aliphatic rings. The summed E-state index contributed by atoms with van der Waals surface area (Å²) in [6, 6.07) is 14.1. The molecule has 0 aliphatic carbocycles. The molecule has 3 aromatic rings. The standard InChI is InChI=1S/C16H13BrOS/c1-10-4-2-6-12(14(10)17)15(18)13-7-3-5-11-8-9-19-16(11)13/h2-9,15,18H,1H3. The van der Waals surface area contributed by atoms with Crippen LogP contribution in [0.25, 0.3) is 10.1 Å². The molecule has 1 unspecified atom stereocenters. The summed E-state index contributed by atoms with van der Waals surface area (Å²) in [5.41, 5.74) is 3.02. The van der Waals surface area contributed by atoms with Gasteiger partial charge in [0.1, 0.15) is 6.10 Å². The fraction of sp³-hybridized carbons (Fsp3) is 0.125. The van der Waals surface area contributed by atoms with E-state index in [0.29, 0.717) is 0 Å². The number of halogens is 1. The second-order valence-electron chi connectivity index (χ2n) is 4.57. The SMILES string of the molecule is Cc1cccc(C(O)c2cccc3ccsc23)c1Br. The highest BCUT2D eigenvalue weighted by molar-refractivity contribution is 9.10. The number of aliphatic hydroxyl groups excluding tert-OH is 1. The molecule has 2 aromatic carbocycles. The summed E-state index contributed by atoms with van der Waals surface area (Å²) in [7, 11) is 0. The van der Waals surface area contributed by atoms with E-state index < -0.39 is 6.10 Å². The summed E-state index contributed by atoms with van der Waals surface area (Å²) in [6.07, 6.45) is -0.600. The molecule has 1 atom stereocenters. The molecule has 1 N–H and O–H groups in total. The number of hydrogen-bond acceptors (Lipinski definition) is 2. The molecule has 0 radical (unpaired) electrons. The van der Waals surface area contributed by atoms with Crippen molar-refractivity contribution in [3.63, 3.8) is 0 Å². The lowest BCUT2D eigenvalue weighted by molar-refractivity contribution is 0.221. The van der Waals surface area contributed by atoms with Crippen LogP contribution in [0.5, 0.6) is 0 Å². The molecule has 3 rings (SSSR count). The first kappa shape index (κ1) is 12.9. The first-order valence-electron chi connectivity index (χ1n) is 6.07. The Balaban J connectivity index is 2.16. The molecular formula is C16H13BrOS. The third kappa shape index (κ3) is 2.22. The molecule has 0 bridgehead atoms. The number of benzene rings is 2. The van der Waals surface area contributed by atoms with Crippen LogP contribution in [0.1, 0.15) is 22.8 Å². The number of rotatable bonds is 2. The van der Waals surface area contributed by atoms with Gasteiger partial charge in [0.05, 0.1) is 0 Å². The van der Waals surface area contributed by atoms with Crippen LogP contribution in [-0.2, 0) is 0 Å². The van der Waals surface area contributed by atoms with Crippen LogP contribution in [-0.4, -0.2) is 5.11 Å². The highest BCUT2D eigenvalue weighted by Crippen LogP contribution is 2.35. The molecular weight excluding hydrogens is 320 g/mol. The van der Waals surface area contributed by atoms with Crippen LogP contribution in [0.2, 0.25) is 0 Å². The van der Waals surface area contributed by atoms with Crippen molar-refractivity contribution in [2.24, 2.45) is 0 Å². The first-order valence-corrected chi connectivity index (χ1v) is 7.75. The smallest absolute Gasteiger partial charge is 0.107 e. The predicted molar refractivity (Wildman–Crippen MR) is 84.8 cm³/mol. The Morgan fingerprint density at radius 3 is 2.63 bits per heavy atom. The van der Waals surface area contributed by atoms with Crippen molar-refractivity contribution in [3.8, 4) is 0 Å². The molecule has 1 heterocycles. The van der Waals surface area contributed by atoms with Gasteiger partial charge >= 0.3 is 0 Å². The van der Waals surface area contributed by atoms with Crippen LogP contribution < -0.4 is 0 Å². The summed E-state index contributed by atoms with van der Waals surface area (Å²) in [6.45, 7) is 2.03. The van der Waals surface area contributed by atoms with E-state index in [4.69, 9.17) is 0 Å². The van der Waals surface area contributed by atoms with Gasteiger partial charge in [-0.15, -0.1) is 11.3 Å². The summed E-state index contributed by atoms with van der Waals surface area (Å²) in [5.74, 6) is 0. The fourth-order valence-corrected chi connectivity index (χ4v) is 3.70. The highest BCUT2D eigenvalue weighted by atomic mass is 79.9. The fourth-order valence-electron chi connectivity index (χ4n) is 2.28. The zero-order chi connectivity index (χ0) is 13.4. The van der Waals surface area contributed by atoms with Crippen LogP contribution in [0.4, 0.5) is 0 Å². The Morgan fingerprint density at radius 1 is 1.05 bits per heavy atom. The lowest BCUT2D eigenvalue weighted by Gasteiger charge is -2.15. The van der Waals surface area contributed by atoms with Gasteiger partial charge in [0.15, 0.2) is 0 Å². The zero-order valence-electron chi connectivity index (χ0n) is 10.4. The average molecular weight is 333 g/mol. The quantitative estimate of drug-likeness (QED) is 0.695.